The van der Waals surface area contributed by atoms with Crippen LogP contribution >= 0.6 is 23.2 Å². The van der Waals surface area contributed by atoms with E-state index >= 15 is 0 Å². The van der Waals surface area contributed by atoms with E-state index in [4.69, 9.17) is 23.2 Å². The quantitative estimate of drug-likeness (QED) is 0.724. The Morgan fingerprint density at radius 2 is 1.93 bits per heavy atom. The number of likely N-dealkylation sites (tertiary alicyclic amines) is 1. The van der Waals surface area contributed by atoms with Gasteiger partial charge in [-0.15, -0.1) is 0 Å². The van der Waals surface area contributed by atoms with Crippen LogP contribution < -0.4 is 5.32 Å². The van der Waals surface area contributed by atoms with Crippen molar-refractivity contribution in [3.8, 4) is 0 Å². The van der Waals surface area contributed by atoms with E-state index < -0.39 is 0 Å². The summed E-state index contributed by atoms with van der Waals surface area (Å²) < 4.78 is 0. The van der Waals surface area contributed by atoms with Crippen molar-refractivity contribution in [1.82, 2.24) is 10.2 Å². The van der Waals surface area contributed by atoms with E-state index in [9.17, 15) is 9.59 Å². The lowest BCUT2D eigenvalue weighted by Gasteiger charge is -2.31. The zero-order valence-corrected chi connectivity index (χ0v) is 17.3. The molecule has 148 valence electrons. The first-order valence-electron chi connectivity index (χ1n) is 9.59. The van der Waals surface area contributed by atoms with E-state index in [-0.39, 0.29) is 29.4 Å². The van der Waals surface area contributed by atoms with Gasteiger partial charge >= 0.3 is 0 Å². The van der Waals surface area contributed by atoms with Gasteiger partial charge in [0.05, 0.1) is 17.1 Å². The van der Waals surface area contributed by atoms with E-state index in [1.54, 1.807) is 12.1 Å². The number of hydrogen-bond donors (Lipinski definition) is 1. The maximum atomic E-state index is 12.8. The molecule has 6 heteroatoms. The van der Waals surface area contributed by atoms with Crippen LogP contribution in [0, 0.1) is 0 Å². The fourth-order valence-electron chi connectivity index (χ4n) is 3.98. The van der Waals surface area contributed by atoms with Gasteiger partial charge in [-0.3, -0.25) is 9.59 Å². The van der Waals surface area contributed by atoms with Crippen molar-refractivity contribution in [3.63, 3.8) is 0 Å². The van der Waals surface area contributed by atoms with Crippen LogP contribution in [0.4, 0.5) is 0 Å². The van der Waals surface area contributed by atoms with Crippen molar-refractivity contribution in [2.45, 2.75) is 38.1 Å². The van der Waals surface area contributed by atoms with Crippen LogP contribution in [0.2, 0.25) is 10.0 Å². The predicted molar refractivity (Wildman–Crippen MR) is 113 cm³/mol. The van der Waals surface area contributed by atoms with Gasteiger partial charge in [-0.2, -0.15) is 0 Å². The second-order valence-electron chi connectivity index (χ2n) is 7.03. The molecule has 0 aromatic heterocycles. The Morgan fingerprint density at radius 3 is 2.61 bits per heavy atom. The molecule has 1 aliphatic heterocycles. The zero-order valence-electron chi connectivity index (χ0n) is 15.8. The van der Waals surface area contributed by atoms with Crippen molar-refractivity contribution in [1.29, 1.82) is 0 Å². The van der Waals surface area contributed by atoms with Crippen molar-refractivity contribution in [3.05, 3.63) is 69.7 Å². The minimum Gasteiger partial charge on any atom is -0.343 e. The largest absolute Gasteiger partial charge is 0.343 e. The highest BCUT2D eigenvalue weighted by atomic mass is 35.5. The number of nitrogens with zero attached hydrogens (tertiary/aromatic N) is 1. The van der Waals surface area contributed by atoms with Crippen molar-refractivity contribution in [2.75, 3.05) is 13.1 Å². The third-order valence-corrected chi connectivity index (χ3v) is 5.88. The van der Waals surface area contributed by atoms with E-state index in [1.807, 2.05) is 23.1 Å². The molecule has 1 saturated heterocycles. The van der Waals surface area contributed by atoms with E-state index in [0.29, 0.717) is 16.5 Å². The van der Waals surface area contributed by atoms with Gasteiger partial charge in [0.15, 0.2) is 0 Å². The highest BCUT2D eigenvalue weighted by molar-refractivity contribution is 6.36. The average Bonchev–Trinajstić information content (AvgIpc) is 3.17. The molecule has 0 radical (unpaired) electrons. The van der Waals surface area contributed by atoms with Crippen molar-refractivity contribution >= 4 is 35.0 Å². The lowest BCUT2D eigenvalue weighted by molar-refractivity contribution is -0.131. The minimum atomic E-state index is -0.374. The van der Waals surface area contributed by atoms with Crippen LogP contribution in [0.25, 0.3) is 0 Å². The number of carbonyl (C=O) groups is 2. The van der Waals surface area contributed by atoms with Crippen LogP contribution in [-0.4, -0.2) is 35.8 Å². The molecule has 3 rings (SSSR count). The molecule has 0 unspecified atom stereocenters. The summed E-state index contributed by atoms with van der Waals surface area (Å²) in [6, 6.07) is 15.2. The Hall–Kier alpha value is -2.04. The number of halogens is 2. The smallest absolute Gasteiger partial charge is 0.253 e. The molecule has 0 aliphatic carbocycles. The Kier molecular flexibility index (Phi) is 6.97. The zero-order chi connectivity index (χ0) is 20.1. The number of amides is 2. The summed E-state index contributed by atoms with van der Waals surface area (Å²) in [7, 11) is 0. The normalized spacial score (nSPS) is 17.4. The number of benzene rings is 2. The molecule has 0 spiro atoms. The van der Waals surface area contributed by atoms with Gasteiger partial charge in [0.25, 0.3) is 5.91 Å². The Labute approximate surface area is 175 Å². The summed E-state index contributed by atoms with van der Waals surface area (Å²) in [5.74, 6) is -0.134. The Balaban J connectivity index is 1.65. The summed E-state index contributed by atoms with van der Waals surface area (Å²) in [4.78, 5) is 27.1. The summed E-state index contributed by atoms with van der Waals surface area (Å²) in [5.41, 5.74) is 1.57. The van der Waals surface area contributed by atoms with Crippen LogP contribution in [0.15, 0.2) is 48.5 Å². The molecule has 4 nitrogen and oxygen atoms in total. The standard InChI is InChI=1S/C22H24Cl2N2O2/c1-2-17(15-7-4-3-5-8-15)20-9-6-12-26(20)21(27)14-25-22(28)18-11-10-16(23)13-19(18)24/h3-5,7-8,10-11,13,17,20H,2,6,9,12,14H2,1H3,(H,25,28)/t17-,20-/m1/s1. The summed E-state index contributed by atoms with van der Waals surface area (Å²) >= 11 is 11.9. The number of hydrogen-bond acceptors (Lipinski definition) is 2. The maximum absolute atomic E-state index is 12.8. The highest BCUT2D eigenvalue weighted by Crippen LogP contribution is 2.33. The fraction of sp³-hybridized carbons (Fsp3) is 0.364. The lowest BCUT2D eigenvalue weighted by Crippen LogP contribution is -2.44. The SMILES string of the molecule is CC[C@H](c1ccccc1)[C@H]1CCCN1C(=O)CNC(=O)c1ccc(Cl)cc1Cl. The van der Waals surface area contributed by atoms with Crippen LogP contribution in [0.3, 0.4) is 0 Å². The molecule has 1 N–H and O–H groups in total. The van der Waals surface area contributed by atoms with Gasteiger partial charge in [-0.1, -0.05) is 60.5 Å². The topological polar surface area (TPSA) is 49.4 Å². The van der Waals surface area contributed by atoms with Gasteiger partial charge in [0, 0.05) is 23.5 Å². The Bertz CT molecular complexity index is 842. The monoisotopic (exact) mass is 418 g/mol. The molecule has 2 amide bonds. The summed E-state index contributed by atoms with van der Waals surface area (Å²) in [5, 5.41) is 3.43. The van der Waals surface area contributed by atoms with Crippen LogP contribution in [0.5, 0.6) is 0 Å². The molecular weight excluding hydrogens is 395 g/mol. The number of nitrogens with one attached hydrogen (secondary N) is 1. The third kappa shape index (κ3) is 4.68. The van der Waals surface area contributed by atoms with Gasteiger partial charge in [-0.25, -0.2) is 0 Å². The second kappa shape index (κ2) is 9.44. The molecule has 2 aromatic rings. The number of rotatable bonds is 6. The first-order valence-corrected chi connectivity index (χ1v) is 10.3. The van der Waals surface area contributed by atoms with E-state index in [2.05, 4.69) is 24.4 Å². The first kappa shape index (κ1) is 20.7. The van der Waals surface area contributed by atoms with Gasteiger partial charge in [0.2, 0.25) is 5.91 Å². The van der Waals surface area contributed by atoms with Crippen molar-refractivity contribution in [2.24, 2.45) is 0 Å². The van der Waals surface area contributed by atoms with E-state index in [1.165, 1.54) is 11.6 Å². The minimum absolute atomic E-state index is 0.0422. The molecule has 1 heterocycles. The fourth-order valence-corrected chi connectivity index (χ4v) is 4.47. The summed E-state index contributed by atoms with van der Waals surface area (Å²) in [6.07, 6.45) is 2.93. The first-order chi connectivity index (χ1) is 13.5. The van der Waals surface area contributed by atoms with Crippen LogP contribution in [-0.2, 0) is 4.79 Å². The average molecular weight is 419 g/mol. The second-order valence-corrected chi connectivity index (χ2v) is 7.87. The molecule has 0 saturated carbocycles. The van der Waals surface area contributed by atoms with Gasteiger partial charge < -0.3 is 10.2 Å². The van der Waals surface area contributed by atoms with Crippen molar-refractivity contribution < 1.29 is 9.59 Å². The number of carbonyl (C=O) groups excluding carboxylic acids is 2. The molecule has 0 bridgehead atoms. The van der Waals surface area contributed by atoms with Gasteiger partial charge in [-0.05, 0) is 43.0 Å². The lowest BCUT2D eigenvalue weighted by atomic mass is 9.87. The highest BCUT2D eigenvalue weighted by Gasteiger charge is 2.34. The Morgan fingerprint density at radius 1 is 1.18 bits per heavy atom. The van der Waals surface area contributed by atoms with E-state index in [0.717, 1.165) is 25.8 Å². The molecular formula is C22H24Cl2N2O2. The summed E-state index contributed by atoms with van der Waals surface area (Å²) in [6.45, 7) is 2.84. The van der Waals surface area contributed by atoms with Crippen LogP contribution in [0.1, 0.15) is 48.0 Å². The molecule has 1 aliphatic rings. The predicted octanol–water partition coefficient (Wildman–Crippen LogP) is 4.91. The third-order valence-electron chi connectivity index (χ3n) is 5.33. The molecule has 2 aromatic carbocycles. The maximum Gasteiger partial charge on any atom is 0.253 e. The molecule has 28 heavy (non-hydrogen) atoms. The van der Waals surface area contributed by atoms with Gasteiger partial charge in [0.1, 0.15) is 0 Å². The molecule has 2 atom stereocenters. The molecule has 1 fully saturated rings.